The Hall–Kier alpha value is -1.96. The number of rotatable bonds is 7. The van der Waals surface area contributed by atoms with Gasteiger partial charge in [0.1, 0.15) is 5.82 Å². The number of halogens is 2. The molecule has 8 heteroatoms. The Bertz CT molecular complexity index is 903. The van der Waals surface area contributed by atoms with Gasteiger partial charge in [0.2, 0.25) is 15.9 Å². The number of sulfonamides is 1. The fourth-order valence-electron chi connectivity index (χ4n) is 2.40. The van der Waals surface area contributed by atoms with Gasteiger partial charge in [-0.05, 0) is 30.7 Å². The van der Waals surface area contributed by atoms with Crippen LogP contribution in [0.3, 0.4) is 0 Å². The fourth-order valence-corrected chi connectivity index (χ4v) is 3.39. The molecule has 0 fully saturated rings. The number of nitrogens with one attached hydrogen (secondary N) is 1. The molecule has 0 aromatic heterocycles. The van der Waals surface area contributed by atoms with Crippen molar-refractivity contribution in [1.82, 2.24) is 4.31 Å². The van der Waals surface area contributed by atoms with Crippen molar-refractivity contribution >= 4 is 33.2 Å². The first-order valence-electron chi connectivity index (χ1n) is 7.91. The topological polar surface area (TPSA) is 66.5 Å². The van der Waals surface area contributed by atoms with Crippen molar-refractivity contribution in [3.8, 4) is 0 Å². The summed E-state index contributed by atoms with van der Waals surface area (Å²) in [4.78, 5) is 12.1. The molecule has 1 N–H and O–H groups in total. The van der Waals surface area contributed by atoms with E-state index in [1.54, 1.807) is 0 Å². The third kappa shape index (κ3) is 6.09. The molecule has 0 saturated heterocycles. The average molecular weight is 399 g/mol. The molecule has 0 spiro atoms. The molecular formula is C18H20ClFN2O3S. The summed E-state index contributed by atoms with van der Waals surface area (Å²) in [6, 6.07) is 11.4. The molecule has 0 unspecified atom stereocenters. The second-order valence-corrected chi connectivity index (χ2v) is 8.40. The molecule has 0 radical (unpaired) electrons. The molecule has 0 aliphatic carbocycles. The Kier molecular flexibility index (Phi) is 6.75. The Morgan fingerprint density at radius 1 is 1.23 bits per heavy atom. The molecule has 2 aromatic rings. The second-order valence-electron chi connectivity index (χ2n) is 6.01. The molecule has 2 rings (SSSR count). The van der Waals surface area contributed by atoms with Crippen molar-refractivity contribution in [2.24, 2.45) is 0 Å². The van der Waals surface area contributed by atoms with Crippen molar-refractivity contribution < 1.29 is 17.6 Å². The van der Waals surface area contributed by atoms with E-state index in [1.807, 2.05) is 31.2 Å². The lowest BCUT2D eigenvalue weighted by Gasteiger charge is -2.20. The van der Waals surface area contributed by atoms with E-state index in [4.69, 9.17) is 11.6 Å². The van der Waals surface area contributed by atoms with Crippen molar-refractivity contribution in [2.75, 3.05) is 18.1 Å². The van der Waals surface area contributed by atoms with Crippen molar-refractivity contribution in [1.29, 1.82) is 0 Å². The SMILES string of the molecule is Cc1cccc(CN(CCC(=O)Nc2ccc(F)c(Cl)c2)S(C)(=O)=O)c1. The van der Waals surface area contributed by atoms with E-state index in [1.165, 1.54) is 16.4 Å². The molecule has 1 amide bonds. The number of amides is 1. The fraction of sp³-hybridized carbons (Fsp3) is 0.278. The van der Waals surface area contributed by atoms with Crippen LogP contribution in [0.1, 0.15) is 17.5 Å². The summed E-state index contributed by atoms with van der Waals surface area (Å²) >= 11 is 5.67. The first-order valence-corrected chi connectivity index (χ1v) is 10.1. The van der Waals surface area contributed by atoms with Gasteiger partial charge in [0.15, 0.2) is 0 Å². The monoisotopic (exact) mass is 398 g/mol. The Balaban J connectivity index is 2.00. The quantitative estimate of drug-likeness (QED) is 0.775. The van der Waals surface area contributed by atoms with Gasteiger partial charge in [0.05, 0.1) is 11.3 Å². The first-order chi connectivity index (χ1) is 12.1. The maximum Gasteiger partial charge on any atom is 0.225 e. The maximum atomic E-state index is 13.1. The van der Waals surface area contributed by atoms with Gasteiger partial charge in [0, 0.05) is 25.2 Å². The molecular weight excluding hydrogens is 379 g/mol. The van der Waals surface area contributed by atoms with Crippen molar-refractivity contribution in [3.63, 3.8) is 0 Å². The second kappa shape index (κ2) is 8.62. The maximum absolute atomic E-state index is 13.1. The van der Waals surface area contributed by atoms with Gasteiger partial charge in [-0.3, -0.25) is 4.79 Å². The van der Waals surface area contributed by atoms with Crippen LogP contribution in [0.2, 0.25) is 5.02 Å². The van der Waals surface area contributed by atoms with Gasteiger partial charge < -0.3 is 5.32 Å². The van der Waals surface area contributed by atoms with E-state index in [2.05, 4.69) is 5.32 Å². The molecule has 5 nitrogen and oxygen atoms in total. The Labute approximate surface area is 157 Å². The summed E-state index contributed by atoms with van der Waals surface area (Å²) < 4.78 is 38.4. The van der Waals surface area contributed by atoms with E-state index in [-0.39, 0.29) is 30.4 Å². The summed E-state index contributed by atoms with van der Waals surface area (Å²) in [5.41, 5.74) is 2.23. The largest absolute Gasteiger partial charge is 0.326 e. The molecule has 0 aliphatic rings. The van der Waals surface area contributed by atoms with Crippen LogP contribution >= 0.6 is 11.6 Å². The van der Waals surface area contributed by atoms with Crippen LogP contribution in [0.25, 0.3) is 0 Å². The van der Waals surface area contributed by atoms with E-state index in [0.29, 0.717) is 5.69 Å². The number of carbonyl (C=O) groups is 1. The summed E-state index contributed by atoms with van der Waals surface area (Å²) in [7, 11) is -3.47. The summed E-state index contributed by atoms with van der Waals surface area (Å²) in [5, 5.41) is 2.48. The first kappa shape index (κ1) is 20.4. The highest BCUT2D eigenvalue weighted by Gasteiger charge is 2.18. The number of hydrogen-bond donors (Lipinski definition) is 1. The van der Waals surface area contributed by atoms with Crippen LogP contribution in [0, 0.1) is 12.7 Å². The number of benzene rings is 2. The highest BCUT2D eigenvalue weighted by Crippen LogP contribution is 2.19. The minimum Gasteiger partial charge on any atom is -0.326 e. The smallest absolute Gasteiger partial charge is 0.225 e. The molecule has 0 atom stereocenters. The van der Waals surface area contributed by atoms with E-state index in [0.717, 1.165) is 23.4 Å². The van der Waals surface area contributed by atoms with Gasteiger partial charge in [-0.25, -0.2) is 12.8 Å². The molecule has 2 aromatic carbocycles. The number of nitrogens with zero attached hydrogens (tertiary/aromatic N) is 1. The highest BCUT2D eigenvalue weighted by atomic mass is 35.5. The van der Waals surface area contributed by atoms with E-state index in [9.17, 15) is 17.6 Å². The summed E-state index contributed by atoms with van der Waals surface area (Å²) in [6.07, 6.45) is 1.08. The average Bonchev–Trinajstić information content (AvgIpc) is 2.54. The van der Waals surface area contributed by atoms with E-state index >= 15 is 0 Å². The van der Waals surface area contributed by atoms with Gasteiger partial charge in [-0.2, -0.15) is 4.31 Å². The lowest BCUT2D eigenvalue weighted by molar-refractivity contribution is -0.116. The number of anilines is 1. The molecule has 26 heavy (non-hydrogen) atoms. The number of carbonyl (C=O) groups excluding carboxylic acids is 1. The lowest BCUT2D eigenvalue weighted by atomic mass is 10.1. The predicted molar refractivity (Wildman–Crippen MR) is 101 cm³/mol. The van der Waals surface area contributed by atoms with E-state index < -0.39 is 15.8 Å². The third-order valence-corrected chi connectivity index (χ3v) is 5.24. The number of hydrogen-bond acceptors (Lipinski definition) is 3. The van der Waals surface area contributed by atoms with Crippen molar-refractivity contribution in [2.45, 2.75) is 19.9 Å². The number of aryl methyl sites for hydroxylation is 1. The minimum absolute atomic E-state index is 0.0338. The molecule has 0 bridgehead atoms. The summed E-state index contributed by atoms with van der Waals surface area (Å²) in [6.45, 7) is 2.15. The zero-order valence-corrected chi connectivity index (χ0v) is 16.1. The lowest BCUT2D eigenvalue weighted by Crippen LogP contribution is -2.32. The Morgan fingerprint density at radius 2 is 1.96 bits per heavy atom. The molecule has 0 saturated carbocycles. The van der Waals surface area contributed by atoms with Crippen LogP contribution in [0.4, 0.5) is 10.1 Å². The van der Waals surface area contributed by atoms with Crippen LogP contribution in [0.15, 0.2) is 42.5 Å². The van der Waals surface area contributed by atoms with Gasteiger partial charge in [-0.1, -0.05) is 41.4 Å². The molecule has 140 valence electrons. The minimum atomic E-state index is -3.47. The normalized spacial score (nSPS) is 11.6. The van der Waals surface area contributed by atoms with Crippen LogP contribution in [-0.4, -0.2) is 31.4 Å². The van der Waals surface area contributed by atoms with Crippen molar-refractivity contribution in [3.05, 3.63) is 64.4 Å². The van der Waals surface area contributed by atoms with Crippen LogP contribution < -0.4 is 5.32 Å². The predicted octanol–water partition coefficient (Wildman–Crippen LogP) is 3.58. The molecule has 0 heterocycles. The zero-order chi connectivity index (χ0) is 19.3. The standard InChI is InChI=1S/C18H20ClFN2O3S/c1-13-4-3-5-14(10-13)12-22(26(2,24)25)9-8-18(23)21-15-6-7-17(20)16(19)11-15/h3-7,10-11H,8-9,12H2,1-2H3,(H,21,23). The van der Waals surface area contributed by atoms with Gasteiger partial charge >= 0.3 is 0 Å². The third-order valence-electron chi connectivity index (χ3n) is 3.70. The van der Waals surface area contributed by atoms with Gasteiger partial charge in [0.25, 0.3) is 0 Å². The Morgan fingerprint density at radius 3 is 2.58 bits per heavy atom. The molecule has 0 aliphatic heterocycles. The zero-order valence-electron chi connectivity index (χ0n) is 14.5. The van der Waals surface area contributed by atoms with Gasteiger partial charge in [-0.15, -0.1) is 0 Å². The van der Waals surface area contributed by atoms with Crippen LogP contribution in [0.5, 0.6) is 0 Å². The summed E-state index contributed by atoms with van der Waals surface area (Å²) in [5.74, 6) is -0.961. The van der Waals surface area contributed by atoms with Crippen LogP contribution in [-0.2, 0) is 21.4 Å². The highest BCUT2D eigenvalue weighted by molar-refractivity contribution is 7.88.